The van der Waals surface area contributed by atoms with Gasteiger partial charge in [-0.15, -0.1) is 0 Å². The molecule has 0 aliphatic carbocycles. The van der Waals surface area contributed by atoms with E-state index < -0.39 is 5.72 Å². The summed E-state index contributed by atoms with van der Waals surface area (Å²) >= 11 is 12.5. The van der Waals surface area contributed by atoms with E-state index in [2.05, 4.69) is 35.8 Å². The van der Waals surface area contributed by atoms with Crippen LogP contribution in [0.1, 0.15) is 37.8 Å². The van der Waals surface area contributed by atoms with Gasteiger partial charge in [0.1, 0.15) is 5.72 Å². The highest BCUT2D eigenvalue weighted by molar-refractivity contribution is 6.42. The normalized spacial score (nSPS) is 18.1. The van der Waals surface area contributed by atoms with Crippen molar-refractivity contribution in [3.8, 4) is 0 Å². The Labute approximate surface area is 179 Å². The van der Waals surface area contributed by atoms with Gasteiger partial charge in [-0.1, -0.05) is 72.9 Å². The summed E-state index contributed by atoms with van der Waals surface area (Å²) in [4.78, 5) is 4.98. The highest BCUT2D eigenvalue weighted by Crippen LogP contribution is 2.35. The molecule has 0 amide bonds. The quantitative estimate of drug-likeness (QED) is 0.536. The van der Waals surface area contributed by atoms with E-state index in [9.17, 15) is 0 Å². The van der Waals surface area contributed by atoms with Crippen molar-refractivity contribution in [2.75, 3.05) is 32.7 Å². The van der Waals surface area contributed by atoms with E-state index in [1.807, 2.05) is 36.4 Å². The molecule has 28 heavy (non-hydrogen) atoms. The van der Waals surface area contributed by atoms with Crippen LogP contribution < -0.4 is 0 Å². The van der Waals surface area contributed by atoms with E-state index in [1.165, 1.54) is 19.4 Å². The molecule has 152 valence electrons. The van der Waals surface area contributed by atoms with Crippen LogP contribution in [0.4, 0.5) is 0 Å². The third kappa shape index (κ3) is 5.28. The summed E-state index contributed by atoms with van der Waals surface area (Å²) < 4.78 is 6.56. The molecule has 1 heterocycles. The third-order valence-corrected chi connectivity index (χ3v) is 6.36. The molecule has 1 saturated heterocycles. The summed E-state index contributed by atoms with van der Waals surface area (Å²) in [7, 11) is 0. The molecule has 0 radical (unpaired) electrons. The number of piperazine rings is 1. The molecule has 1 fully saturated rings. The maximum absolute atomic E-state index is 6.56. The molecule has 1 aliphatic rings. The summed E-state index contributed by atoms with van der Waals surface area (Å²) in [6.45, 7) is 10.2. The van der Waals surface area contributed by atoms with Crippen molar-refractivity contribution in [2.45, 2.75) is 39.0 Å². The molecule has 3 nitrogen and oxygen atoms in total. The lowest BCUT2D eigenvalue weighted by atomic mass is 10.0. The van der Waals surface area contributed by atoms with Crippen molar-refractivity contribution in [1.29, 1.82) is 0 Å². The van der Waals surface area contributed by atoms with E-state index in [4.69, 9.17) is 27.9 Å². The molecule has 0 aromatic heterocycles. The van der Waals surface area contributed by atoms with Crippen LogP contribution >= 0.6 is 23.2 Å². The van der Waals surface area contributed by atoms with E-state index in [-0.39, 0.29) is 0 Å². The zero-order chi connectivity index (χ0) is 20.0. The summed E-state index contributed by atoms with van der Waals surface area (Å²) in [5, 5.41) is 1.13. The fourth-order valence-corrected chi connectivity index (χ4v) is 4.02. The van der Waals surface area contributed by atoms with Crippen molar-refractivity contribution in [3.05, 3.63) is 69.7 Å². The maximum Gasteiger partial charge on any atom is 0.145 e. The number of hydrogen-bond acceptors (Lipinski definition) is 3. The number of rotatable bonds is 8. The SMILES string of the molecule is CCCCN1CCN(C(C)(OCc2ccccc2)c2ccc(Cl)c(Cl)c2)CC1. The van der Waals surface area contributed by atoms with Crippen molar-refractivity contribution in [2.24, 2.45) is 0 Å². The zero-order valence-electron chi connectivity index (χ0n) is 16.8. The lowest BCUT2D eigenvalue weighted by molar-refractivity contribution is -0.171. The molecular formula is C23H30Cl2N2O. The van der Waals surface area contributed by atoms with Gasteiger partial charge in [-0.25, -0.2) is 0 Å². The van der Waals surface area contributed by atoms with Crippen LogP contribution in [0, 0.1) is 0 Å². The Morgan fingerprint density at radius 3 is 2.32 bits per heavy atom. The van der Waals surface area contributed by atoms with Gasteiger partial charge in [0.25, 0.3) is 0 Å². The predicted octanol–water partition coefficient (Wildman–Crippen LogP) is 5.80. The van der Waals surface area contributed by atoms with Crippen LogP contribution in [0.3, 0.4) is 0 Å². The van der Waals surface area contributed by atoms with E-state index >= 15 is 0 Å². The second-order valence-corrected chi connectivity index (χ2v) is 8.38. The molecule has 2 aromatic carbocycles. The second-order valence-electron chi connectivity index (χ2n) is 7.57. The molecule has 3 rings (SSSR count). The minimum Gasteiger partial charge on any atom is -0.352 e. The Bertz CT molecular complexity index is 748. The van der Waals surface area contributed by atoms with E-state index in [0.29, 0.717) is 16.7 Å². The largest absolute Gasteiger partial charge is 0.352 e. The van der Waals surface area contributed by atoms with Gasteiger partial charge in [0.15, 0.2) is 0 Å². The highest BCUT2D eigenvalue weighted by atomic mass is 35.5. The first kappa shape index (κ1) is 21.6. The zero-order valence-corrected chi connectivity index (χ0v) is 18.3. The van der Waals surface area contributed by atoms with Crippen LogP contribution in [0.15, 0.2) is 48.5 Å². The van der Waals surface area contributed by atoms with Gasteiger partial charge in [-0.3, -0.25) is 4.90 Å². The topological polar surface area (TPSA) is 15.7 Å². The third-order valence-electron chi connectivity index (χ3n) is 5.62. The van der Waals surface area contributed by atoms with Crippen LogP contribution in [-0.2, 0) is 17.1 Å². The molecule has 1 unspecified atom stereocenters. The van der Waals surface area contributed by atoms with E-state index in [0.717, 1.165) is 37.3 Å². The molecule has 1 aliphatic heterocycles. The molecule has 0 bridgehead atoms. The lowest BCUT2D eigenvalue weighted by Crippen LogP contribution is -2.55. The predicted molar refractivity (Wildman–Crippen MR) is 118 cm³/mol. The molecular weight excluding hydrogens is 391 g/mol. The molecule has 2 aromatic rings. The monoisotopic (exact) mass is 420 g/mol. The maximum atomic E-state index is 6.56. The summed E-state index contributed by atoms with van der Waals surface area (Å²) in [6.07, 6.45) is 2.50. The van der Waals surface area contributed by atoms with Gasteiger partial charge in [0, 0.05) is 31.7 Å². The van der Waals surface area contributed by atoms with Crippen LogP contribution in [-0.4, -0.2) is 42.5 Å². The number of ether oxygens (including phenoxy) is 1. The first-order valence-corrected chi connectivity index (χ1v) is 10.9. The van der Waals surface area contributed by atoms with Gasteiger partial charge in [0.2, 0.25) is 0 Å². The minimum absolute atomic E-state index is 0.549. The Hall–Kier alpha value is -1.10. The van der Waals surface area contributed by atoms with Crippen LogP contribution in [0.2, 0.25) is 10.0 Å². The average molecular weight is 421 g/mol. The van der Waals surface area contributed by atoms with Gasteiger partial charge in [-0.2, -0.15) is 0 Å². The second kappa shape index (κ2) is 10.1. The molecule has 0 spiro atoms. The summed E-state index contributed by atoms with van der Waals surface area (Å²) in [6, 6.07) is 16.1. The summed E-state index contributed by atoms with van der Waals surface area (Å²) in [5.74, 6) is 0. The molecule has 0 N–H and O–H groups in total. The Balaban J connectivity index is 1.79. The van der Waals surface area contributed by atoms with Gasteiger partial charge >= 0.3 is 0 Å². The first-order valence-electron chi connectivity index (χ1n) is 10.1. The van der Waals surface area contributed by atoms with Crippen molar-refractivity contribution >= 4 is 23.2 Å². The number of nitrogens with zero attached hydrogens (tertiary/aromatic N) is 2. The highest BCUT2D eigenvalue weighted by Gasteiger charge is 2.37. The molecule has 5 heteroatoms. The van der Waals surface area contributed by atoms with Crippen LogP contribution in [0.5, 0.6) is 0 Å². The van der Waals surface area contributed by atoms with Crippen molar-refractivity contribution in [3.63, 3.8) is 0 Å². The summed E-state index contributed by atoms with van der Waals surface area (Å²) in [5.41, 5.74) is 1.65. The number of hydrogen-bond donors (Lipinski definition) is 0. The fraction of sp³-hybridized carbons (Fsp3) is 0.478. The van der Waals surface area contributed by atoms with Gasteiger partial charge in [-0.05, 0) is 37.6 Å². The van der Waals surface area contributed by atoms with Crippen molar-refractivity contribution < 1.29 is 4.74 Å². The van der Waals surface area contributed by atoms with E-state index in [1.54, 1.807) is 0 Å². The lowest BCUT2D eigenvalue weighted by Gasteiger charge is -2.46. The van der Waals surface area contributed by atoms with Crippen LogP contribution in [0.25, 0.3) is 0 Å². The first-order chi connectivity index (χ1) is 13.5. The smallest absolute Gasteiger partial charge is 0.145 e. The fourth-order valence-electron chi connectivity index (χ4n) is 3.72. The van der Waals surface area contributed by atoms with Gasteiger partial charge in [0.05, 0.1) is 16.7 Å². The van der Waals surface area contributed by atoms with Crippen molar-refractivity contribution in [1.82, 2.24) is 9.80 Å². The Morgan fingerprint density at radius 1 is 0.964 bits per heavy atom. The number of unbranched alkanes of at least 4 members (excludes halogenated alkanes) is 1. The molecule has 1 atom stereocenters. The van der Waals surface area contributed by atoms with Gasteiger partial charge < -0.3 is 9.64 Å². The Kier molecular flexibility index (Phi) is 7.78. The Morgan fingerprint density at radius 2 is 1.68 bits per heavy atom. The average Bonchev–Trinajstić information content (AvgIpc) is 2.73. The minimum atomic E-state index is -0.555. The number of halogens is 2. The standard InChI is InChI=1S/C23H30Cl2N2O/c1-3-4-12-26-13-15-27(16-14-26)23(2,20-10-11-21(24)22(25)17-20)28-18-19-8-6-5-7-9-19/h5-11,17H,3-4,12-16,18H2,1-2H3. The number of benzene rings is 2. The molecule has 0 saturated carbocycles.